The van der Waals surface area contributed by atoms with Crippen LogP contribution in [0.3, 0.4) is 0 Å². The first kappa shape index (κ1) is 21.8. The maximum absolute atomic E-state index is 5.19. The highest BCUT2D eigenvalue weighted by Gasteiger charge is 2.31. The Kier molecular flexibility index (Phi) is 5.87. The molecule has 0 N–H and O–H groups in total. The molecule has 4 nitrogen and oxygen atoms in total. The molecule has 3 aliphatic rings. The molecule has 0 radical (unpaired) electrons. The summed E-state index contributed by atoms with van der Waals surface area (Å²) < 4.78 is 4.54. The molecule has 6 rings (SSSR count). The molecule has 1 aliphatic heterocycles. The highest BCUT2D eigenvalue weighted by molar-refractivity contribution is 9.11. The van der Waals surface area contributed by atoms with Crippen LogP contribution in [0.1, 0.15) is 37.9 Å². The smallest absolute Gasteiger partial charge is 0.182 e. The first-order chi connectivity index (χ1) is 16.7. The van der Waals surface area contributed by atoms with Crippen molar-refractivity contribution in [2.45, 2.75) is 32.1 Å². The Balaban J connectivity index is 1.59. The molecule has 0 spiro atoms. The monoisotopic (exact) mass is 574 g/mol. The SMILES string of the molecule is BrC1=CC=C(N2C3=CCCC=C3CCN=C2c2nc3ccccc3n2-c2ccc(Br)cc2)CC1. The minimum atomic E-state index is 0.755. The largest absolute Gasteiger partial charge is 0.296 e. The van der Waals surface area contributed by atoms with E-state index < -0.39 is 0 Å². The zero-order valence-electron chi connectivity index (χ0n) is 18.7. The fraction of sp³-hybridized carbons (Fsp3) is 0.214. The van der Waals surface area contributed by atoms with Crippen molar-refractivity contribution in [3.05, 3.63) is 105 Å². The van der Waals surface area contributed by atoms with Gasteiger partial charge in [0.05, 0.1) is 11.0 Å². The molecule has 2 heterocycles. The second-order valence-electron chi connectivity index (χ2n) is 8.69. The number of para-hydroxylation sites is 2. The minimum absolute atomic E-state index is 0.755. The van der Waals surface area contributed by atoms with Crippen molar-refractivity contribution < 1.29 is 0 Å². The van der Waals surface area contributed by atoms with Gasteiger partial charge in [0, 0.05) is 28.1 Å². The van der Waals surface area contributed by atoms with E-state index in [9.17, 15) is 0 Å². The van der Waals surface area contributed by atoms with Gasteiger partial charge in [-0.05, 0) is 84.6 Å². The molecule has 2 aliphatic carbocycles. The van der Waals surface area contributed by atoms with Gasteiger partial charge in [-0.2, -0.15) is 0 Å². The summed E-state index contributed by atoms with van der Waals surface area (Å²) in [6, 6.07) is 16.8. The van der Waals surface area contributed by atoms with Crippen molar-refractivity contribution in [1.29, 1.82) is 0 Å². The lowest BCUT2D eigenvalue weighted by Gasteiger charge is -2.32. The summed E-state index contributed by atoms with van der Waals surface area (Å²) in [5.41, 5.74) is 7.06. The predicted octanol–water partition coefficient (Wildman–Crippen LogP) is 7.80. The molecule has 0 bridgehead atoms. The third-order valence-electron chi connectivity index (χ3n) is 6.53. The number of halogens is 2. The van der Waals surface area contributed by atoms with Crippen LogP contribution in [-0.2, 0) is 0 Å². The van der Waals surface area contributed by atoms with Gasteiger partial charge < -0.3 is 0 Å². The Hall–Kier alpha value is -2.70. The Bertz CT molecular complexity index is 1420. The van der Waals surface area contributed by atoms with E-state index >= 15 is 0 Å². The lowest BCUT2D eigenvalue weighted by Crippen LogP contribution is -2.33. The van der Waals surface area contributed by atoms with Crippen LogP contribution >= 0.6 is 31.9 Å². The summed E-state index contributed by atoms with van der Waals surface area (Å²) in [6.07, 6.45) is 14.2. The van der Waals surface area contributed by atoms with Gasteiger partial charge in [0.1, 0.15) is 0 Å². The van der Waals surface area contributed by atoms with Gasteiger partial charge in [0.2, 0.25) is 0 Å². The summed E-state index contributed by atoms with van der Waals surface area (Å²) >= 11 is 7.26. The molecule has 3 aromatic rings. The van der Waals surface area contributed by atoms with E-state index in [1.807, 2.05) is 6.07 Å². The van der Waals surface area contributed by atoms with E-state index in [4.69, 9.17) is 9.98 Å². The number of aromatic nitrogens is 2. The lowest BCUT2D eigenvalue weighted by atomic mass is 9.98. The summed E-state index contributed by atoms with van der Waals surface area (Å²) in [5, 5.41) is 0. The molecular weight excluding hydrogens is 552 g/mol. The van der Waals surface area contributed by atoms with Gasteiger partial charge in [-0.1, -0.05) is 62.2 Å². The van der Waals surface area contributed by atoms with Gasteiger partial charge in [0.15, 0.2) is 11.7 Å². The molecule has 0 fully saturated rings. The topological polar surface area (TPSA) is 33.4 Å². The van der Waals surface area contributed by atoms with E-state index in [1.165, 1.54) is 21.4 Å². The van der Waals surface area contributed by atoms with Crippen molar-refractivity contribution in [3.63, 3.8) is 0 Å². The van der Waals surface area contributed by atoms with Crippen molar-refractivity contribution in [2.75, 3.05) is 6.54 Å². The quantitative estimate of drug-likeness (QED) is 0.319. The van der Waals surface area contributed by atoms with Crippen LogP contribution in [0.25, 0.3) is 16.7 Å². The molecule has 0 saturated heterocycles. The number of amidine groups is 1. The third-order valence-corrected chi connectivity index (χ3v) is 7.72. The van der Waals surface area contributed by atoms with Crippen molar-refractivity contribution in [1.82, 2.24) is 14.5 Å². The average molecular weight is 576 g/mol. The fourth-order valence-electron chi connectivity index (χ4n) is 4.92. The molecule has 2 aromatic carbocycles. The van der Waals surface area contributed by atoms with E-state index in [-0.39, 0.29) is 0 Å². The van der Waals surface area contributed by atoms with Gasteiger partial charge in [-0.25, -0.2) is 4.98 Å². The Morgan fingerprint density at radius 1 is 0.824 bits per heavy atom. The molecule has 0 unspecified atom stereocenters. The minimum Gasteiger partial charge on any atom is -0.296 e. The van der Waals surface area contributed by atoms with Crippen LogP contribution in [0.5, 0.6) is 0 Å². The van der Waals surface area contributed by atoms with Crippen molar-refractivity contribution in [2.24, 2.45) is 4.99 Å². The number of benzene rings is 2. The normalized spacial score (nSPS) is 18.4. The standard InChI is InChI=1S/C28H24Br2N4/c29-20-9-13-22(14-10-20)33-25-7-3-1-5-19(25)17-18-31-27(33)28-32-24-6-2-4-8-26(24)34(28)23-15-11-21(30)12-16-23/h2,4-9,11-13,15-16H,1,3,10,14,17-18H2. The number of nitrogens with zero attached hydrogens (tertiary/aromatic N) is 4. The summed E-state index contributed by atoms with van der Waals surface area (Å²) in [7, 11) is 0. The van der Waals surface area contributed by atoms with Crippen LogP contribution in [-0.4, -0.2) is 26.8 Å². The Morgan fingerprint density at radius 3 is 2.47 bits per heavy atom. The molecule has 6 heteroatoms. The van der Waals surface area contributed by atoms with Crippen molar-refractivity contribution >= 4 is 48.7 Å². The number of fused-ring (bicyclic) bond motifs is 2. The maximum Gasteiger partial charge on any atom is 0.182 e. The molecule has 1 aromatic heterocycles. The first-order valence-corrected chi connectivity index (χ1v) is 13.3. The van der Waals surface area contributed by atoms with Gasteiger partial charge in [-0.3, -0.25) is 14.5 Å². The predicted molar refractivity (Wildman–Crippen MR) is 146 cm³/mol. The van der Waals surface area contributed by atoms with E-state index in [0.717, 1.165) is 71.5 Å². The van der Waals surface area contributed by atoms with E-state index in [1.54, 1.807) is 0 Å². The van der Waals surface area contributed by atoms with Crippen LogP contribution in [0, 0.1) is 0 Å². The Labute approximate surface area is 216 Å². The lowest BCUT2D eigenvalue weighted by molar-refractivity contribution is 0.586. The third kappa shape index (κ3) is 3.93. The van der Waals surface area contributed by atoms with E-state index in [0.29, 0.717) is 0 Å². The van der Waals surface area contributed by atoms with Crippen LogP contribution in [0.4, 0.5) is 0 Å². The summed E-state index contributed by atoms with van der Waals surface area (Å²) in [4.78, 5) is 12.7. The number of imidazole rings is 1. The second-order valence-corrected chi connectivity index (χ2v) is 10.6. The zero-order valence-corrected chi connectivity index (χ0v) is 21.9. The average Bonchev–Trinajstić information content (AvgIpc) is 3.14. The van der Waals surface area contributed by atoms with Crippen LogP contribution < -0.4 is 0 Å². The molecule has 0 atom stereocenters. The second kappa shape index (κ2) is 9.16. The Morgan fingerprint density at radius 2 is 1.65 bits per heavy atom. The molecule has 0 saturated carbocycles. The highest BCUT2D eigenvalue weighted by Crippen LogP contribution is 2.36. The number of hydrogen-bond donors (Lipinski definition) is 0. The van der Waals surface area contributed by atoms with Gasteiger partial charge >= 0.3 is 0 Å². The molecule has 170 valence electrons. The van der Waals surface area contributed by atoms with E-state index in [2.05, 4.69) is 108 Å². The molecule has 0 amide bonds. The number of hydrogen-bond acceptors (Lipinski definition) is 3. The van der Waals surface area contributed by atoms with Gasteiger partial charge in [-0.15, -0.1) is 0 Å². The summed E-state index contributed by atoms with van der Waals surface area (Å²) in [6.45, 7) is 0.755. The number of allylic oxidation sites excluding steroid dienone is 7. The van der Waals surface area contributed by atoms with Crippen molar-refractivity contribution in [3.8, 4) is 5.69 Å². The summed E-state index contributed by atoms with van der Waals surface area (Å²) in [5.74, 6) is 1.80. The number of aliphatic imine (C=N–C) groups is 1. The van der Waals surface area contributed by atoms with Gasteiger partial charge in [0.25, 0.3) is 0 Å². The highest BCUT2D eigenvalue weighted by atomic mass is 79.9. The molecule has 34 heavy (non-hydrogen) atoms. The maximum atomic E-state index is 5.19. The fourth-order valence-corrected chi connectivity index (χ4v) is 5.52. The van der Waals surface area contributed by atoms with Crippen LogP contribution in [0.15, 0.2) is 104 Å². The number of rotatable bonds is 3. The first-order valence-electron chi connectivity index (χ1n) is 11.7. The molecular formula is C28H24Br2N4. The zero-order chi connectivity index (χ0) is 23.1. The van der Waals surface area contributed by atoms with Crippen LogP contribution in [0.2, 0.25) is 0 Å².